The van der Waals surface area contributed by atoms with Crippen molar-refractivity contribution in [2.24, 2.45) is 11.3 Å². The van der Waals surface area contributed by atoms with Gasteiger partial charge in [0.2, 0.25) is 0 Å². The van der Waals surface area contributed by atoms with Crippen molar-refractivity contribution in [1.82, 2.24) is 0 Å². The first-order valence-corrected chi connectivity index (χ1v) is 4.24. The molecule has 0 heterocycles. The van der Waals surface area contributed by atoms with Crippen LogP contribution in [0.25, 0.3) is 0 Å². The van der Waals surface area contributed by atoms with Gasteiger partial charge in [0.25, 0.3) is 0 Å². The average molecular weight is 138 g/mol. The molecule has 0 fully saturated rings. The zero-order valence-electron chi connectivity index (χ0n) is 7.57. The maximum atomic E-state index is 2.38. The van der Waals surface area contributed by atoms with Crippen LogP contribution in [0.2, 0.25) is 0 Å². The van der Waals surface area contributed by atoms with Crippen LogP contribution in [0, 0.1) is 11.3 Å². The van der Waals surface area contributed by atoms with E-state index in [1.165, 1.54) is 12.8 Å². The quantitative estimate of drug-likeness (QED) is 0.524. The van der Waals surface area contributed by atoms with E-state index >= 15 is 0 Å². The van der Waals surface area contributed by atoms with Gasteiger partial charge in [0.05, 0.1) is 0 Å². The van der Waals surface area contributed by atoms with Gasteiger partial charge < -0.3 is 0 Å². The van der Waals surface area contributed by atoms with Crippen molar-refractivity contribution in [3.05, 3.63) is 11.6 Å². The van der Waals surface area contributed by atoms with Crippen molar-refractivity contribution in [2.75, 3.05) is 0 Å². The van der Waals surface area contributed by atoms with Crippen molar-refractivity contribution in [1.29, 1.82) is 0 Å². The summed E-state index contributed by atoms with van der Waals surface area (Å²) in [7, 11) is 0. The third-order valence-electron chi connectivity index (χ3n) is 2.27. The van der Waals surface area contributed by atoms with Gasteiger partial charge in [0.1, 0.15) is 0 Å². The van der Waals surface area contributed by atoms with Gasteiger partial charge in [-0.2, -0.15) is 0 Å². The third kappa shape index (κ3) is 1.86. The molecule has 0 heteroatoms. The summed E-state index contributed by atoms with van der Waals surface area (Å²) in [5.74, 6) is 0.859. The van der Waals surface area contributed by atoms with Crippen molar-refractivity contribution in [2.45, 2.75) is 40.5 Å². The fraction of sp³-hybridized carbons (Fsp3) is 0.800. The van der Waals surface area contributed by atoms with Crippen molar-refractivity contribution < 1.29 is 0 Å². The normalized spacial score (nSPS) is 21.1. The molecule has 1 aliphatic rings. The monoisotopic (exact) mass is 138 g/mol. The number of allylic oxidation sites excluding steroid dienone is 2. The maximum Gasteiger partial charge on any atom is 0.00375 e. The topological polar surface area (TPSA) is 0 Å². The second-order valence-electron chi connectivity index (χ2n) is 4.32. The summed E-state index contributed by atoms with van der Waals surface area (Å²) in [6.45, 7) is 9.16. The van der Waals surface area contributed by atoms with E-state index in [-0.39, 0.29) is 0 Å². The molecule has 1 aliphatic carbocycles. The highest BCUT2D eigenvalue weighted by molar-refractivity contribution is 5.35. The first-order chi connectivity index (χ1) is 4.52. The fourth-order valence-electron chi connectivity index (χ4n) is 1.24. The Hall–Kier alpha value is -0.260. The summed E-state index contributed by atoms with van der Waals surface area (Å²) < 4.78 is 0. The summed E-state index contributed by atoms with van der Waals surface area (Å²) in [4.78, 5) is 0. The Kier molecular flexibility index (Phi) is 1.89. The molecule has 0 saturated carbocycles. The molecule has 0 amide bonds. The van der Waals surface area contributed by atoms with Gasteiger partial charge in [0, 0.05) is 5.41 Å². The molecule has 0 radical (unpaired) electrons. The Morgan fingerprint density at radius 1 is 1.40 bits per heavy atom. The largest absolute Gasteiger partial charge is 0.0748 e. The molecule has 0 atom stereocenters. The predicted octanol–water partition coefficient (Wildman–Crippen LogP) is 3.39. The second kappa shape index (κ2) is 2.41. The SMILES string of the molecule is CC(C)CCC1=CC1(C)C. The van der Waals surface area contributed by atoms with Crippen LogP contribution in [0.1, 0.15) is 40.5 Å². The van der Waals surface area contributed by atoms with Crippen molar-refractivity contribution in [3.63, 3.8) is 0 Å². The lowest BCUT2D eigenvalue weighted by Crippen LogP contribution is -1.92. The summed E-state index contributed by atoms with van der Waals surface area (Å²) in [5.41, 5.74) is 2.16. The van der Waals surface area contributed by atoms with Gasteiger partial charge in [0.15, 0.2) is 0 Å². The van der Waals surface area contributed by atoms with Crippen molar-refractivity contribution in [3.8, 4) is 0 Å². The lowest BCUT2D eigenvalue weighted by molar-refractivity contribution is 0.563. The average Bonchev–Trinajstić information content (AvgIpc) is 2.35. The Morgan fingerprint density at radius 3 is 2.20 bits per heavy atom. The van der Waals surface area contributed by atoms with E-state index in [4.69, 9.17) is 0 Å². The number of rotatable bonds is 3. The highest BCUT2D eigenvalue weighted by atomic mass is 14.4. The molecule has 0 spiro atoms. The van der Waals surface area contributed by atoms with Gasteiger partial charge >= 0.3 is 0 Å². The zero-order chi connectivity index (χ0) is 7.78. The highest BCUT2D eigenvalue weighted by Gasteiger charge is 2.32. The minimum absolute atomic E-state index is 0.495. The van der Waals surface area contributed by atoms with Crippen LogP contribution >= 0.6 is 0 Å². The van der Waals surface area contributed by atoms with E-state index in [2.05, 4.69) is 33.8 Å². The molecule has 0 nitrogen and oxygen atoms in total. The minimum Gasteiger partial charge on any atom is -0.0748 e. The zero-order valence-corrected chi connectivity index (χ0v) is 7.57. The molecule has 0 aliphatic heterocycles. The van der Waals surface area contributed by atoms with E-state index in [0.717, 1.165) is 5.92 Å². The van der Waals surface area contributed by atoms with Crippen LogP contribution in [0.15, 0.2) is 11.6 Å². The molecular formula is C10H18. The van der Waals surface area contributed by atoms with E-state index in [0.29, 0.717) is 5.41 Å². The fourth-order valence-corrected chi connectivity index (χ4v) is 1.24. The Morgan fingerprint density at radius 2 is 1.90 bits per heavy atom. The van der Waals surface area contributed by atoms with Crippen LogP contribution in [-0.2, 0) is 0 Å². The lowest BCUT2D eigenvalue weighted by Gasteiger charge is -2.05. The standard InChI is InChI=1S/C10H18/c1-8(2)5-6-9-7-10(9,3)4/h7-8H,5-6H2,1-4H3. The van der Waals surface area contributed by atoms with Crippen LogP contribution < -0.4 is 0 Å². The van der Waals surface area contributed by atoms with Crippen LogP contribution in [-0.4, -0.2) is 0 Å². The molecule has 0 aromatic rings. The predicted molar refractivity (Wildman–Crippen MR) is 45.9 cm³/mol. The summed E-state index contributed by atoms with van der Waals surface area (Å²) in [6.07, 6.45) is 5.06. The molecule has 10 heavy (non-hydrogen) atoms. The summed E-state index contributed by atoms with van der Waals surface area (Å²) in [6, 6.07) is 0. The first kappa shape index (κ1) is 7.84. The lowest BCUT2D eigenvalue weighted by atomic mass is 10.00. The van der Waals surface area contributed by atoms with E-state index < -0.39 is 0 Å². The Labute approximate surface area is 64.3 Å². The molecular weight excluding hydrogens is 120 g/mol. The summed E-state index contributed by atoms with van der Waals surface area (Å²) >= 11 is 0. The van der Waals surface area contributed by atoms with Crippen LogP contribution in [0.4, 0.5) is 0 Å². The Bertz CT molecular complexity index is 149. The molecule has 0 aromatic heterocycles. The van der Waals surface area contributed by atoms with E-state index in [1.54, 1.807) is 5.57 Å². The molecule has 0 unspecified atom stereocenters. The van der Waals surface area contributed by atoms with E-state index in [1.807, 2.05) is 0 Å². The van der Waals surface area contributed by atoms with Crippen LogP contribution in [0.5, 0.6) is 0 Å². The van der Waals surface area contributed by atoms with Gasteiger partial charge in [-0.1, -0.05) is 39.3 Å². The van der Waals surface area contributed by atoms with Gasteiger partial charge in [-0.25, -0.2) is 0 Å². The molecule has 0 bridgehead atoms. The smallest absolute Gasteiger partial charge is 0.00375 e. The van der Waals surface area contributed by atoms with Crippen LogP contribution in [0.3, 0.4) is 0 Å². The first-order valence-electron chi connectivity index (χ1n) is 4.24. The minimum atomic E-state index is 0.495. The number of hydrogen-bond donors (Lipinski definition) is 0. The molecule has 58 valence electrons. The maximum absolute atomic E-state index is 2.38. The molecule has 0 aromatic carbocycles. The number of hydrogen-bond acceptors (Lipinski definition) is 0. The van der Waals surface area contributed by atoms with E-state index in [9.17, 15) is 0 Å². The third-order valence-corrected chi connectivity index (χ3v) is 2.27. The van der Waals surface area contributed by atoms with Gasteiger partial charge in [-0.15, -0.1) is 0 Å². The molecule has 0 N–H and O–H groups in total. The van der Waals surface area contributed by atoms with Crippen molar-refractivity contribution >= 4 is 0 Å². The molecule has 0 saturated heterocycles. The highest BCUT2D eigenvalue weighted by Crippen LogP contribution is 2.45. The molecule has 1 rings (SSSR count). The second-order valence-corrected chi connectivity index (χ2v) is 4.32. The van der Waals surface area contributed by atoms with Gasteiger partial charge in [-0.3, -0.25) is 0 Å². The van der Waals surface area contributed by atoms with Gasteiger partial charge in [-0.05, 0) is 18.8 Å². The summed E-state index contributed by atoms with van der Waals surface area (Å²) in [5, 5.41) is 0. The Balaban J connectivity index is 2.13.